The minimum Gasteiger partial charge on any atom is -0.378 e. The monoisotopic (exact) mass is 296 g/mol. The molecule has 120 valence electrons. The van der Waals surface area contributed by atoms with Gasteiger partial charge in [0.05, 0.1) is 12.9 Å². The average Bonchev–Trinajstić information content (AvgIpc) is 2.66. The van der Waals surface area contributed by atoms with Gasteiger partial charge in [-0.15, -0.1) is 0 Å². The lowest BCUT2D eigenvalue weighted by Crippen LogP contribution is -2.44. The van der Waals surface area contributed by atoms with Crippen LogP contribution in [0.5, 0.6) is 0 Å². The lowest BCUT2D eigenvalue weighted by atomic mass is 9.86. The van der Waals surface area contributed by atoms with Crippen LogP contribution in [0.25, 0.3) is 0 Å². The van der Waals surface area contributed by atoms with Crippen molar-refractivity contribution in [2.45, 2.75) is 45.1 Å². The summed E-state index contributed by atoms with van der Waals surface area (Å²) < 4.78 is 13.0. The SMILES string of the molecule is C=N/C=C(F)\C=C\NCNC(C)(C)CC1CCCNCC1. The Morgan fingerprint density at radius 3 is 3.00 bits per heavy atom. The van der Waals surface area contributed by atoms with Gasteiger partial charge in [-0.1, -0.05) is 0 Å². The van der Waals surface area contributed by atoms with Crippen LogP contribution in [0.4, 0.5) is 4.39 Å². The van der Waals surface area contributed by atoms with E-state index >= 15 is 0 Å². The van der Waals surface area contributed by atoms with Crippen LogP contribution < -0.4 is 16.0 Å². The van der Waals surface area contributed by atoms with E-state index < -0.39 is 5.83 Å². The molecule has 1 rings (SSSR count). The van der Waals surface area contributed by atoms with Crippen molar-refractivity contribution in [1.82, 2.24) is 16.0 Å². The average molecular weight is 296 g/mol. The Hall–Kier alpha value is -1.20. The molecule has 1 unspecified atom stereocenters. The van der Waals surface area contributed by atoms with Crippen LogP contribution in [0, 0.1) is 5.92 Å². The van der Waals surface area contributed by atoms with Crippen molar-refractivity contribution in [2.75, 3.05) is 19.8 Å². The highest BCUT2D eigenvalue weighted by Gasteiger charge is 2.23. The summed E-state index contributed by atoms with van der Waals surface area (Å²) in [6.07, 6.45) is 8.98. The molecular weight excluding hydrogens is 267 g/mol. The molecule has 1 atom stereocenters. The van der Waals surface area contributed by atoms with Crippen molar-refractivity contribution < 1.29 is 4.39 Å². The van der Waals surface area contributed by atoms with Gasteiger partial charge in [0.25, 0.3) is 0 Å². The molecule has 0 aromatic heterocycles. The topological polar surface area (TPSA) is 48.5 Å². The second-order valence-corrected chi connectivity index (χ2v) is 6.22. The first-order chi connectivity index (χ1) is 10.0. The summed E-state index contributed by atoms with van der Waals surface area (Å²) in [5.41, 5.74) is 0.0763. The minimum atomic E-state index is -0.414. The number of nitrogens with zero attached hydrogens (tertiary/aromatic N) is 1. The fourth-order valence-electron chi connectivity index (χ4n) is 2.71. The van der Waals surface area contributed by atoms with Crippen LogP contribution in [0.1, 0.15) is 39.5 Å². The molecule has 4 nitrogen and oxygen atoms in total. The van der Waals surface area contributed by atoms with E-state index in [0.29, 0.717) is 6.67 Å². The highest BCUT2D eigenvalue weighted by atomic mass is 19.1. The number of aliphatic imine (C=N–C) groups is 1. The van der Waals surface area contributed by atoms with E-state index in [1.807, 2.05) is 0 Å². The Labute approximate surface area is 128 Å². The second-order valence-electron chi connectivity index (χ2n) is 6.22. The number of rotatable bonds is 8. The lowest BCUT2D eigenvalue weighted by molar-refractivity contribution is 0.279. The summed E-state index contributed by atoms with van der Waals surface area (Å²) in [4.78, 5) is 3.36. The van der Waals surface area contributed by atoms with E-state index in [0.717, 1.165) is 31.6 Å². The van der Waals surface area contributed by atoms with Crippen molar-refractivity contribution in [3.63, 3.8) is 0 Å². The Balaban J connectivity index is 2.25. The number of hydrogen-bond donors (Lipinski definition) is 3. The van der Waals surface area contributed by atoms with E-state index in [-0.39, 0.29) is 5.54 Å². The molecule has 0 amide bonds. The third kappa shape index (κ3) is 8.63. The van der Waals surface area contributed by atoms with Crippen molar-refractivity contribution in [2.24, 2.45) is 10.9 Å². The van der Waals surface area contributed by atoms with Gasteiger partial charge in [-0.05, 0) is 71.3 Å². The van der Waals surface area contributed by atoms with Gasteiger partial charge in [0.2, 0.25) is 0 Å². The smallest absolute Gasteiger partial charge is 0.142 e. The van der Waals surface area contributed by atoms with Gasteiger partial charge >= 0.3 is 0 Å². The fourth-order valence-corrected chi connectivity index (χ4v) is 2.71. The van der Waals surface area contributed by atoms with Crippen LogP contribution in [0.2, 0.25) is 0 Å². The van der Waals surface area contributed by atoms with Gasteiger partial charge in [-0.25, -0.2) is 4.39 Å². The molecule has 0 radical (unpaired) electrons. The second kappa shape index (κ2) is 9.68. The first-order valence-electron chi connectivity index (χ1n) is 7.71. The molecule has 0 saturated carbocycles. The van der Waals surface area contributed by atoms with Crippen LogP contribution in [-0.4, -0.2) is 32.0 Å². The van der Waals surface area contributed by atoms with Crippen LogP contribution in [0.3, 0.4) is 0 Å². The highest BCUT2D eigenvalue weighted by Crippen LogP contribution is 2.24. The molecule has 1 aliphatic rings. The van der Waals surface area contributed by atoms with E-state index in [1.54, 1.807) is 6.20 Å². The zero-order valence-corrected chi connectivity index (χ0v) is 13.3. The molecule has 0 bridgehead atoms. The minimum absolute atomic E-state index is 0.0763. The quantitative estimate of drug-likeness (QED) is 0.279. The highest BCUT2D eigenvalue weighted by molar-refractivity contribution is 5.27. The molecule has 1 fully saturated rings. The molecule has 1 heterocycles. The van der Waals surface area contributed by atoms with Gasteiger partial charge in [0, 0.05) is 11.7 Å². The summed E-state index contributed by atoms with van der Waals surface area (Å²) >= 11 is 0. The third-order valence-electron chi connectivity index (χ3n) is 3.74. The first-order valence-corrected chi connectivity index (χ1v) is 7.71. The van der Waals surface area contributed by atoms with E-state index in [1.165, 1.54) is 25.3 Å². The summed E-state index contributed by atoms with van der Waals surface area (Å²) in [7, 11) is 0. The van der Waals surface area contributed by atoms with Crippen LogP contribution in [0.15, 0.2) is 29.3 Å². The van der Waals surface area contributed by atoms with Crippen LogP contribution in [-0.2, 0) is 0 Å². The Kier molecular flexibility index (Phi) is 8.23. The summed E-state index contributed by atoms with van der Waals surface area (Å²) in [6, 6.07) is 0. The largest absolute Gasteiger partial charge is 0.378 e. The predicted molar refractivity (Wildman–Crippen MR) is 87.9 cm³/mol. The van der Waals surface area contributed by atoms with Gasteiger partial charge in [0.1, 0.15) is 5.83 Å². The summed E-state index contributed by atoms with van der Waals surface area (Å²) in [5, 5.41) is 9.95. The molecule has 0 spiro atoms. The van der Waals surface area contributed by atoms with E-state index in [2.05, 4.69) is 41.5 Å². The molecule has 1 saturated heterocycles. The zero-order valence-electron chi connectivity index (χ0n) is 13.3. The molecule has 0 aromatic carbocycles. The van der Waals surface area contributed by atoms with Gasteiger partial charge in [0.15, 0.2) is 0 Å². The number of halogens is 1. The van der Waals surface area contributed by atoms with Crippen LogP contribution >= 0.6 is 0 Å². The lowest BCUT2D eigenvalue weighted by Gasteiger charge is -2.30. The maximum absolute atomic E-state index is 13.0. The zero-order chi connectivity index (χ0) is 15.6. The number of nitrogens with one attached hydrogen (secondary N) is 3. The molecule has 21 heavy (non-hydrogen) atoms. The van der Waals surface area contributed by atoms with Gasteiger partial charge in [-0.3, -0.25) is 10.3 Å². The van der Waals surface area contributed by atoms with Crippen molar-refractivity contribution in [3.05, 3.63) is 24.3 Å². The Morgan fingerprint density at radius 2 is 2.24 bits per heavy atom. The Bertz CT molecular complexity index is 355. The summed E-state index contributed by atoms with van der Waals surface area (Å²) in [6.45, 7) is 10.5. The van der Waals surface area contributed by atoms with E-state index in [9.17, 15) is 4.39 Å². The van der Waals surface area contributed by atoms with Crippen molar-refractivity contribution >= 4 is 6.72 Å². The van der Waals surface area contributed by atoms with E-state index in [4.69, 9.17) is 0 Å². The number of allylic oxidation sites excluding steroid dienone is 2. The molecule has 5 heteroatoms. The molecule has 0 aliphatic carbocycles. The molecule has 0 aromatic rings. The molecule has 1 aliphatic heterocycles. The third-order valence-corrected chi connectivity index (χ3v) is 3.74. The van der Waals surface area contributed by atoms with Gasteiger partial charge in [-0.2, -0.15) is 0 Å². The summed E-state index contributed by atoms with van der Waals surface area (Å²) in [5.74, 6) is 0.361. The Morgan fingerprint density at radius 1 is 1.43 bits per heavy atom. The maximum Gasteiger partial charge on any atom is 0.142 e. The van der Waals surface area contributed by atoms with Crippen molar-refractivity contribution in [1.29, 1.82) is 0 Å². The molecule has 3 N–H and O–H groups in total. The maximum atomic E-state index is 13.0. The number of hydrogen-bond acceptors (Lipinski definition) is 4. The fraction of sp³-hybridized carbons (Fsp3) is 0.688. The standard InChI is InChI=1S/C16H29FN4/c1-16(2,11-14-5-4-8-19-9-6-14)21-13-20-10-7-15(17)12-18-3/h7,10,12,14,19-21H,3-6,8-9,11,13H2,1-2H3/b10-7+,15-12+. The normalized spacial score (nSPS) is 21.3. The van der Waals surface area contributed by atoms with Crippen molar-refractivity contribution in [3.8, 4) is 0 Å². The first kappa shape index (κ1) is 17.9. The van der Waals surface area contributed by atoms with Gasteiger partial charge < -0.3 is 10.6 Å². The predicted octanol–water partition coefficient (Wildman–Crippen LogP) is 2.71. The molecular formula is C16H29FN4.